The summed E-state index contributed by atoms with van der Waals surface area (Å²) < 4.78 is 5.31. The van der Waals surface area contributed by atoms with Crippen LogP contribution in [0.3, 0.4) is 0 Å². The molecule has 1 saturated heterocycles. The minimum atomic E-state index is 0. The molecule has 3 N–H and O–H groups in total. The first kappa shape index (κ1) is 16.0. The van der Waals surface area contributed by atoms with Gasteiger partial charge >= 0.3 is 0 Å². The van der Waals surface area contributed by atoms with Crippen LogP contribution >= 0.6 is 24.0 Å². The number of halogens is 1. The maximum atomic E-state index is 5.75. The molecule has 0 spiro atoms. The van der Waals surface area contributed by atoms with Gasteiger partial charge in [-0.15, -0.1) is 24.0 Å². The molecule has 2 fully saturated rings. The molecule has 2 rings (SSSR count). The number of nitrogens with one attached hydrogen (secondary N) is 1. The van der Waals surface area contributed by atoms with E-state index in [0.717, 1.165) is 45.8 Å². The molecule has 106 valence electrons. The van der Waals surface area contributed by atoms with Gasteiger partial charge in [0.25, 0.3) is 0 Å². The van der Waals surface area contributed by atoms with Gasteiger partial charge in [-0.2, -0.15) is 0 Å². The summed E-state index contributed by atoms with van der Waals surface area (Å²) in [6, 6.07) is 0.604. The summed E-state index contributed by atoms with van der Waals surface area (Å²) in [5, 5.41) is 3.19. The molecule has 0 aromatic carbocycles. The molecule has 1 aliphatic heterocycles. The lowest BCUT2D eigenvalue weighted by molar-refractivity contribution is 0.0373. The second kappa shape index (κ2) is 8.92. The average molecular weight is 368 g/mol. The number of aliphatic imine (C=N–C) groups is 1. The fourth-order valence-corrected chi connectivity index (χ4v) is 1.95. The summed E-state index contributed by atoms with van der Waals surface area (Å²) in [5.41, 5.74) is 5.75. The predicted octanol–water partition coefficient (Wildman–Crippen LogP) is 0.783. The van der Waals surface area contributed by atoms with Crippen molar-refractivity contribution >= 4 is 29.9 Å². The van der Waals surface area contributed by atoms with Gasteiger partial charge < -0.3 is 15.8 Å². The third kappa shape index (κ3) is 6.75. The van der Waals surface area contributed by atoms with Crippen molar-refractivity contribution in [2.24, 2.45) is 10.7 Å². The van der Waals surface area contributed by atoms with Crippen molar-refractivity contribution in [3.8, 4) is 0 Å². The van der Waals surface area contributed by atoms with Crippen molar-refractivity contribution in [2.45, 2.75) is 31.7 Å². The van der Waals surface area contributed by atoms with E-state index in [-0.39, 0.29) is 24.0 Å². The van der Waals surface area contributed by atoms with Crippen molar-refractivity contribution < 1.29 is 4.74 Å². The number of guanidine groups is 1. The zero-order valence-electron chi connectivity index (χ0n) is 10.9. The standard InChI is InChI=1S/C12H24N4O.HI/c13-12(15-11-3-4-11)14-5-1-2-6-16-7-9-17-10-8-16;/h11H,1-10H2,(H3,13,14,15);1H. The molecule has 0 bridgehead atoms. The van der Waals surface area contributed by atoms with Crippen LogP contribution in [0.2, 0.25) is 0 Å². The molecular weight excluding hydrogens is 343 g/mol. The van der Waals surface area contributed by atoms with Gasteiger partial charge in [0, 0.05) is 25.7 Å². The summed E-state index contributed by atoms with van der Waals surface area (Å²) in [5.74, 6) is 0.624. The van der Waals surface area contributed by atoms with Crippen molar-refractivity contribution in [2.75, 3.05) is 39.4 Å². The van der Waals surface area contributed by atoms with Gasteiger partial charge in [-0.05, 0) is 32.2 Å². The van der Waals surface area contributed by atoms with E-state index < -0.39 is 0 Å². The van der Waals surface area contributed by atoms with Gasteiger partial charge in [0.05, 0.1) is 13.2 Å². The SMILES string of the molecule is I.NC(=NCCCCN1CCOCC1)NC1CC1. The van der Waals surface area contributed by atoms with Crippen molar-refractivity contribution in [1.29, 1.82) is 0 Å². The zero-order chi connectivity index (χ0) is 11.9. The van der Waals surface area contributed by atoms with Crippen molar-refractivity contribution in [1.82, 2.24) is 10.2 Å². The third-order valence-electron chi connectivity index (χ3n) is 3.20. The number of unbranched alkanes of at least 4 members (excludes halogenated alkanes) is 1. The maximum Gasteiger partial charge on any atom is 0.188 e. The number of hydrogen-bond acceptors (Lipinski definition) is 3. The normalized spacial score (nSPS) is 21.4. The van der Waals surface area contributed by atoms with Gasteiger partial charge in [0.15, 0.2) is 5.96 Å². The summed E-state index contributed by atoms with van der Waals surface area (Å²) >= 11 is 0. The van der Waals surface area contributed by atoms with Gasteiger partial charge in [-0.1, -0.05) is 0 Å². The fraction of sp³-hybridized carbons (Fsp3) is 0.917. The molecule has 2 aliphatic rings. The largest absolute Gasteiger partial charge is 0.379 e. The molecule has 0 unspecified atom stereocenters. The van der Waals surface area contributed by atoms with Crippen LogP contribution < -0.4 is 11.1 Å². The summed E-state index contributed by atoms with van der Waals surface area (Å²) in [6.45, 7) is 5.93. The molecule has 0 atom stereocenters. The van der Waals surface area contributed by atoms with Crippen molar-refractivity contribution in [3.63, 3.8) is 0 Å². The molecule has 1 aliphatic carbocycles. The van der Waals surface area contributed by atoms with Gasteiger partial charge in [0.2, 0.25) is 0 Å². The van der Waals surface area contributed by atoms with Crippen LogP contribution in [0.1, 0.15) is 25.7 Å². The molecule has 0 aromatic rings. The Labute approximate surface area is 127 Å². The minimum Gasteiger partial charge on any atom is -0.379 e. The highest BCUT2D eigenvalue weighted by atomic mass is 127. The van der Waals surface area contributed by atoms with E-state index in [4.69, 9.17) is 10.5 Å². The average Bonchev–Trinajstić information content (AvgIpc) is 3.14. The minimum absolute atomic E-state index is 0. The fourth-order valence-electron chi connectivity index (χ4n) is 1.95. The highest BCUT2D eigenvalue weighted by Gasteiger charge is 2.21. The Balaban J connectivity index is 0.00000162. The Kier molecular flexibility index (Phi) is 7.92. The smallest absolute Gasteiger partial charge is 0.188 e. The van der Waals surface area contributed by atoms with E-state index in [1.807, 2.05) is 0 Å². The number of hydrogen-bond donors (Lipinski definition) is 2. The van der Waals surface area contributed by atoms with E-state index in [1.165, 1.54) is 19.3 Å². The predicted molar refractivity (Wildman–Crippen MR) is 84.6 cm³/mol. The monoisotopic (exact) mass is 368 g/mol. The number of nitrogens with two attached hydrogens (primary N) is 1. The van der Waals surface area contributed by atoms with Crippen LogP contribution in [0.15, 0.2) is 4.99 Å². The Bertz CT molecular complexity index is 252. The number of morpholine rings is 1. The van der Waals surface area contributed by atoms with E-state index in [0.29, 0.717) is 12.0 Å². The lowest BCUT2D eigenvalue weighted by Gasteiger charge is -2.26. The lowest BCUT2D eigenvalue weighted by Crippen LogP contribution is -2.36. The molecule has 1 heterocycles. The van der Waals surface area contributed by atoms with E-state index in [1.54, 1.807) is 0 Å². The first-order chi connectivity index (χ1) is 8.34. The van der Waals surface area contributed by atoms with E-state index in [9.17, 15) is 0 Å². The molecule has 0 amide bonds. The van der Waals surface area contributed by atoms with Crippen LogP contribution in [0.4, 0.5) is 0 Å². The summed E-state index contributed by atoms with van der Waals surface area (Å²) in [4.78, 5) is 6.78. The molecule has 0 radical (unpaired) electrons. The molecule has 0 aromatic heterocycles. The van der Waals surface area contributed by atoms with Gasteiger partial charge in [-0.3, -0.25) is 9.89 Å². The zero-order valence-corrected chi connectivity index (χ0v) is 13.3. The van der Waals surface area contributed by atoms with Gasteiger partial charge in [-0.25, -0.2) is 0 Å². The Morgan fingerprint density at radius 2 is 2.00 bits per heavy atom. The first-order valence-corrected chi connectivity index (χ1v) is 6.71. The van der Waals surface area contributed by atoms with Crippen LogP contribution in [0, 0.1) is 0 Å². The third-order valence-corrected chi connectivity index (χ3v) is 3.20. The topological polar surface area (TPSA) is 62.9 Å². The quantitative estimate of drug-likeness (QED) is 0.315. The maximum absolute atomic E-state index is 5.75. The lowest BCUT2D eigenvalue weighted by atomic mass is 10.3. The van der Waals surface area contributed by atoms with Crippen LogP contribution in [0.5, 0.6) is 0 Å². The second-order valence-electron chi connectivity index (χ2n) is 4.85. The summed E-state index contributed by atoms with van der Waals surface area (Å²) in [7, 11) is 0. The summed E-state index contributed by atoms with van der Waals surface area (Å²) in [6.07, 6.45) is 4.80. The number of ether oxygens (including phenoxy) is 1. The Morgan fingerprint density at radius 1 is 1.28 bits per heavy atom. The van der Waals surface area contributed by atoms with Crippen LogP contribution in [-0.2, 0) is 4.74 Å². The Morgan fingerprint density at radius 3 is 2.67 bits per heavy atom. The first-order valence-electron chi connectivity index (χ1n) is 6.71. The molecule has 18 heavy (non-hydrogen) atoms. The Hall–Kier alpha value is -0.0800. The van der Waals surface area contributed by atoms with E-state index in [2.05, 4.69) is 15.2 Å². The molecule has 1 saturated carbocycles. The van der Waals surface area contributed by atoms with Crippen molar-refractivity contribution in [3.05, 3.63) is 0 Å². The second-order valence-corrected chi connectivity index (χ2v) is 4.85. The number of nitrogens with zero attached hydrogens (tertiary/aromatic N) is 2. The molecule has 5 nitrogen and oxygen atoms in total. The van der Waals surface area contributed by atoms with Crippen LogP contribution in [-0.4, -0.2) is 56.3 Å². The van der Waals surface area contributed by atoms with Crippen LogP contribution in [0.25, 0.3) is 0 Å². The molecule has 6 heteroatoms. The van der Waals surface area contributed by atoms with E-state index >= 15 is 0 Å². The highest BCUT2D eigenvalue weighted by molar-refractivity contribution is 14.0. The molecular formula is C12H25IN4O. The van der Waals surface area contributed by atoms with Gasteiger partial charge in [0.1, 0.15) is 0 Å². The highest BCUT2D eigenvalue weighted by Crippen LogP contribution is 2.17. The number of rotatable bonds is 6.